The zero-order chi connectivity index (χ0) is 16.8. The number of sulfone groups is 1. The van der Waals surface area contributed by atoms with E-state index in [4.69, 9.17) is 9.90 Å². The van der Waals surface area contributed by atoms with Gasteiger partial charge in [0, 0.05) is 7.05 Å². The Hall–Kier alpha value is -1.84. The molecule has 2 N–H and O–H groups in total. The van der Waals surface area contributed by atoms with E-state index in [1.54, 1.807) is 7.05 Å². The number of halogens is 4. The first kappa shape index (κ1) is 19.2. The summed E-state index contributed by atoms with van der Waals surface area (Å²) in [5.74, 6) is -3.33. The van der Waals surface area contributed by atoms with Gasteiger partial charge in [-0.25, -0.2) is 17.6 Å². The Morgan fingerprint density at radius 3 is 2.10 bits per heavy atom. The Kier molecular flexibility index (Phi) is 6.61. The molecule has 0 saturated carbocycles. The van der Waals surface area contributed by atoms with Gasteiger partial charge in [-0.15, -0.1) is 0 Å². The van der Waals surface area contributed by atoms with Crippen LogP contribution in [-0.2, 0) is 14.6 Å². The first-order chi connectivity index (χ1) is 9.45. The lowest BCUT2D eigenvalue weighted by Gasteiger charge is -2.05. The Bertz CT molecular complexity index is 599. The van der Waals surface area contributed by atoms with Crippen molar-refractivity contribution in [1.29, 1.82) is 0 Å². The molecule has 1 aromatic carbocycles. The van der Waals surface area contributed by atoms with Crippen LogP contribution in [0.5, 0.6) is 0 Å². The van der Waals surface area contributed by atoms with Crippen molar-refractivity contribution in [3.05, 3.63) is 24.0 Å². The fourth-order valence-corrected chi connectivity index (χ4v) is 1.95. The average Bonchev–Trinajstić information content (AvgIpc) is 2.38. The van der Waals surface area contributed by atoms with Crippen LogP contribution in [-0.4, -0.2) is 38.5 Å². The normalized spacial score (nSPS) is 11.3. The van der Waals surface area contributed by atoms with Crippen LogP contribution in [0.4, 0.5) is 23.2 Å². The second-order valence-electron chi connectivity index (χ2n) is 3.60. The topological polar surface area (TPSA) is 83.5 Å². The van der Waals surface area contributed by atoms with Crippen molar-refractivity contribution in [2.75, 3.05) is 18.1 Å². The number of alkyl halides is 3. The molecule has 5 nitrogen and oxygen atoms in total. The number of carbonyl (C=O) groups is 1. The predicted molar refractivity (Wildman–Crippen MR) is 67.4 cm³/mol. The second kappa shape index (κ2) is 7.25. The van der Waals surface area contributed by atoms with Crippen molar-refractivity contribution in [3.8, 4) is 0 Å². The van der Waals surface area contributed by atoms with E-state index in [1.807, 2.05) is 0 Å². The minimum atomic E-state index is -5.08. The van der Waals surface area contributed by atoms with E-state index in [0.717, 1.165) is 6.07 Å². The second-order valence-corrected chi connectivity index (χ2v) is 5.88. The number of hydrogen-bond acceptors (Lipinski definition) is 4. The quantitative estimate of drug-likeness (QED) is 0.831. The number of hydrogen-bond donors (Lipinski definition) is 2. The van der Waals surface area contributed by atoms with E-state index in [9.17, 15) is 26.0 Å². The van der Waals surface area contributed by atoms with E-state index in [0.29, 0.717) is 5.69 Å². The van der Waals surface area contributed by atoms with Crippen LogP contribution in [0.1, 0.15) is 6.92 Å². The summed E-state index contributed by atoms with van der Waals surface area (Å²) < 4.78 is 67.7. The van der Waals surface area contributed by atoms with Crippen molar-refractivity contribution in [2.24, 2.45) is 0 Å². The Balaban J connectivity index is 0.000000486. The average molecular weight is 331 g/mol. The molecular weight excluding hydrogens is 318 g/mol. The van der Waals surface area contributed by atoms with Crippen LogP contribution in [0.15, 0.2) is 23.1 Å². The van der Waals surface area contributed by atoms with Crippen LogP contribution in [0, 0.1) is 5.82 Å². The van der Waals surface area contributed by atoms with Gasteiger partial charge in [0.15, 0.2) is 9.84 Å². The molecule has 1 aromatic rings. The molecule has 21 heavy (non-hydrogen) atoms. The first-order valence-corrected chi connectivity index (χ1v) is 7.11. The number of rotatable bonds is 3. The van der Waals surface area contributed by atoms with Crippen molar-refractivity contribution in [2.45, 2.75) is 18.0 Å². The minimum Gasteiger partial charge on any atom is -0.475 e. The van der Waals surface area contributed by atoms with Gasteiger partial charge in [-0.05, 0) is 18.2 Å². The molecular formula is C11H13F4NO4S. The van der Waals surface area contributed by atoms with E-state index in [1.165, 1.54) is 19.1 Å². The molecule has 0 aliphatic heterocycles. The highest BCUT2D eigenvalue weighted by Crippen LogP contribution is 2.19. The molecule has 1 rings (SSSR count). The number of carboxylic acid groups (broad SMARTS) is 1. The van der Waals surface area contributed by atoms with Crippen molar-refractivity contribution < 1.29 is 35.9 Å². The zero-order valence-electron chi connectivity index (χ0n) is 11.0. The van der Waals surface area contributed by atoms with Gasteiger partial charge in [-0.3, -0.25) is 0 Å². The lowest BCUT2D eigenvalue weighted by molar-refractivity contribution is -0.192. The Morgan fingerprint density at radius 2 is 1.81 bits per heavy atom. The third-order valence-corrected chi connectivity index (χ3v) is 3.92. The molecule has 120 valence electrons. The standard InChI is InChI=1S/C9H12FNO2S.C2HF3O2/c1-3-14(12,13)7-4-5-9(11-2)8(10)6-7;3-2(4,5)1(6)7/h4-6,11H,3H2,1-2H3;(H,6,7). The molecule has 0 saturated heterocycles. The van der Waals surface area contributed by atoms with Crippen molar-refractivity contribution in [3.63, 3.8) is 0 Å². The largest absolute Gasteiger partial charge is 0.490 e. The lowest BCUT2D eigenvalue weighted by Crippen LogP contribution is -2.21. The SMILES string of the molecule is CCS(=O)(=O)c1ccc(NC)c(F)c1.O=C(O)C(F)(F)F. The minimum absolute atomic E-state index is 0.0225. The molecule has 0 amide bonds. The highest BCUT2D eigenvalue weighted by Gasteiger charge is 2.38. The number of carboxylic acids is 1. The van der Waals surface area contributed by atoms with E-state index in [2.05, 4.69) is 5.32 Å². The summed E-state index contributed by atoms with van der Waals surface area (Å²) in [6, 6.07) is 3.84. The third kappa shape index (κ3) is 5.98. The van der Waals surface area contributed by atoms with Crippen molar-refractivity contribution in [1.82, 2.24) is 0 Å². The molecule has 0 heterocycles. The molecule has 0 fully saturated rings. The van der Waals surface area contributed by atoms with Gasteiger partial charge < -0.3 is 10.4 Å². The summed E-state index contributed by atoms with van der Waals surface area (Å²) in [7, 11) is -1.74. The van der Waals surface area contributed by atoms with Gasteiger partial charge in [-0.1, -0.05) is 6.92 Å². The Morgan fingerprint density at radius 1 is 1.33 bits per heavy atom. The van der Waals surface area contributed by atoms with Gasteiger partial charge in [0.1, 0.15) is 5.82 Å². The van der Waals surface area contributed by atoms with Crippen LogP contribution in [0.2, 0.25) is 0 Å². The predicted octanol–water partition coefficient (Wildman–Crippen LogP) is 2.29. The summed E-state index contributed by atoms with van der Waals surface area (Å²) in [5.41, 5.74) is 0.292. The maximum Gasteiger partial charge on any atom is 0.490 e. The van der Waals surface area contributed by atoms with Crippen molar-refractivity contribution >= 4 is 21.5 Å². The lowest BCUT2D eigenvalue weighted by atomic mass is 10.3. The molecule has 0 bridgehead atoms. The summed E-state index contributed by atoms with van der Waals surface area (Å²) >= 11 is 0. The molecule has 0 unspecified atom stereocenters. The maximum atomic E-state index is 13.2. The van der Waals surface area contributed by atoms with E-state index >= 15 is 0 Å². The highest BCUT2D eigenvalue weighted by atomic mass is 32.2. The van der Waals surface area contributed by atoms with E-state index < -0.39 is 27.8 Å². The van der Waals surface area contributed by atoms with Crippen LogP contribution in [0.3, 0.4) is 0 Å². The maximum absolute atomic E-state index is 13.2. The molecule has 0 aromatic heterocycles. The van der Waals surface area contributed by atoms with E-state index in [-0.39, 0.29) is 10.6 Å². The van der Waals surface area contributed by atoms with Gasteiger partial charge in [0.2, 0.25) is 0 Å². The monoisotopic (exact) mass is 331 g/mol. The molecule has 0 aliphatic carbocycles. The van der Waals surface area contributed by atoms with Gasteiger partial charge >= 0.3 is 12.1 Å². The summed E-state index contributed by atoms with van der Waals surface area (Å²) in [4.78, 5) is 8.92. The zero-order valence-corrected chi connectivity index (χ0v) is 11.8. The molecule has 0 atom stereocenters. The number of benzene rings is 1. The fourth-order valence-electron chi connectivity index (χ4n) is 1.06. The molecule has 0 spiro atoms. The van der Waals surface area contributed by atoms with Crippen LogP contribution in [0.25, 0.3) is 0 Å². The van der Waals surface area contributed by atoms with Gasteiger partial charge in [0.05, 0.1) is 16.3 Å². The van der Waals surface area contributed by atoms with Gasteiger partial charge in [0.25, 0.3) is 0 Å². The van der Waals surface area contributed by atoms with Crippen LogP contribution >= 0.6 is 0 Å². The number of aliphatic carboxylic acids is 1. The first-order valence-electron chi connectivity index (χ1n) is 5.45. The van der Waals surface area contributed by atoms with Gasteiger partial charge in [-0.2, -0.15) is 13.2 Å². The smallest absolute Gasteiger partial charge is 0.475 e. The Labute approximate surface area is 118 Å². The molecule has 0 aliphatic rings. The number of anilines is 1. The summed E-state index contributed by atoms with van der Waals surface area (Å²) in [6.07, 6.45) is -5.08. The number of nitrogens with one attached hydrogen (secondary N) is 1. The third-order valence-electron chi connectivity index (χ3n) is 2.19. The summed E-state index contributed by atoms with van der Waals surface area (Å²) in [5, 5.41) is 9.75. The van der Waals surface area contributed by atoms with Crippen LogP contribution < -0.4 is 5.32 Å². The summed E-state index contributed by atoms with van der Waals surface area (Å²) in [6.45, 7) is 1.53. The fraction of sp³-hybridized carbons (Fsp3) is 0.364. The molecule has 10 heteroatoms. The molecule has 0 radical (unpaired) electrons. The highest BCUT2D eigenvalue weighted by molar-refractivity contribution is 7.91.